The van der Waals surface area contributed by atoms with Gasteiger partial charge in [0.25, 0.3) is 0 Å². The van der Waals surface area contributed by atoms with Crippen LogP contribution in [0, 0.1) is 5.41 Å². The molecule has 3 nitrogen and oxygen atoms in total. The number of nitrogens with one attached hydrogen (secondary N) is 2. The van der Waals surface area contributed by atoms with E-state index in [9.17, 15) is 0 Å². The van der Waals surface area contributed by atoms with Crippen molar-refractivity contribution in [2.24, 2.45) is 5.41 Å². The van der Waals surface area contributed by atoms with Gasteiger partial charge in [0.2, 0.25) is 0 Å². The molecule has 0 aromatic rings. The second kappa shape index (κ2) is 3.95. The highest BCUT2D eigenvalue weighted by atomic mass is 16.3. The van der Waals surface area contributed by atoms with Crippen LogP contribution in [0.2, 0.25) is 0 Å². The van der Waals surface area contributed by atoms with Crippen LogP contribution >= 0.6 is 0 Å². The Morgan fingerprint density at radius 1 is 1.46 bits per heavy atom. The van der Waals surface area contributed by atoms with Gasteiger partial charge >= 0.3 is 0 Å². The Kier molecular flexibility index (Phi) is 2.86. The molecule has 1 atom stereocenters. The molecule has 76 valence electrons. The van der Waals surface area contributed by atoms with Gasteiger partial charge in [0.05, 0.1) is 0 Å². The first-order chi connectivity index (χ1) is 6.35. The number of aliphatic hydroxyl groups is 1. The average Bonchev–Trinajstić information content (AvgIpc) is 2.74. The smallest absolute Gasteiger partial charge is 0.0499 e. The van der Waals surface area contributed by atoms with Crippen molar-refractivity contribution in [3.63, 3.8) is 0 Å². The molecular weight excluding hydrogens is 164 g/mol. The number of hydrogen-bond donors (Lipinski definition) is 3. The van der Waals surface area contributed by atoms with Crippen molar-refractivity contribution >= 4 is 0 Å². The fourth-order valence-corrected chi connectivity index (χ4v) is 2.01. The monoisotopic (exact) mass is 184 g/mol. The van der Waals surface area contributed by atoms with E-state index in [1.54, 1.807) is 0 Å². The molecule has 0 radical (unpaired) electrons. The zero-order valence-electron chi connectivity index (χ0n) is 8.18. The van der Waals surface area contributed by atoms with Crippen LogP contribution in [0.25, 0.3) is 0 Å². The van der Waals surface area contributed by atoms with Crippen LogP contribution in [0.1, 0.15) is 25.7 Å². The maximum atomic E-state index is 9.09. The largest absolute Gasteiger partial charge is 0.396 e. The van der Waals surface area contributed by atoms with Crippen molar-refractivity contribution < 1.29 is 5.11 Å². The summed E-state index contributed by atoms with van der Waals surface area (Å²) in [5.41, 5.74) is 0.263. The number of aliphatic hydroxyl groups excluding tert-OH is 1. The molecule has 1 saturated heterocycles. The van der Waals surface area contributed by atoms with Gasteiger partial charge in [-0.3, -0.25) is 0 Å². The molecule has 1 saturated carbocycles. The quantitative estimate of drug-likeness (QED) is 0.568. The van der Waals surface area contributed by atoms with Gasteiger partial charge in [-0.2, -0.15) is 0 Å². The summed E-state index contributed by atoms with van der Waals surface area (Å²) in [6.45, 7) is 3.61. The Labute approximate surface area is 79.9 Å². The van der Waals surface area contributed by atoms with Crippen molar-refractivity contribution in [2.75, 3.05) is 26.2 Å². The van der Waals surface area contributed by atoms with Gasteiger partial charge in [0, 0.05) is 31.2 Å². The van der Waals surface area contributed by atoms with Crippen molar-refractivity contribution in [2.45, 2.75) is 31.7 Å². The standard InChI is InChI=1S/C10H20N2O/c13-8-10(3-4-10)7-11-6-9-2-1-5-12-9/h9,11-13H,1-8H2. The summed E-state index contributed by atoms with van der Waals surface area (Å²) in [6.07, 6.45) is 5.03. The molecule has 2 rings (SSSR count). The Bertz CT molecular complexity index is 162. The molecule has 1 unspecified atom stereocenters. The summed E-state index contributed by atoms with van der Waals surface area (Å²) in [6, 6.07) is 0.675. The van der Waals surface area contributed by atoms with E-state index >= 15 is 0 Å². The molecule has 13 heavy (non-hydrogen) atoms. The minimum absolute atomic E-state index is 0.263. The summed E-state index contributed by atoms with van der Waals surface area (Å²) in [5.74, 6) is 0. The molecule has 1 aliphatic carbocycles. The first kappa shape index (κ1) is 9.44. The lowest BCUT2D eigenvalue weighted by Gasteiger charge is -2.15. The van der Waals surface area contributed by atoms with Crippen molar-refractivity contribution in [1.82, 2.24) is 10.6 Å². The predicted octanol–water partition coefficient (Wildman–Crippen LogP) is 0.100. The summed E-state index contributed by atoms with van der Waals surface area (Å²) in [7, 11) is 0. The van der Waals surface area contributed by atoms with Crippen LogP contribution in [-0.2, 0) is 0 Å². The molecule has 0 bridgehead atoms. The molecule has 0 aromatic carbocycles. The number of rotatable bonds is 5. The molecule has 1 heterocycles. The minimum Gasteiger partial charge on any atom is -0.396 e. The lowest BCUT2D eigenvalue weighted by atomic mass is 10.1. The first-order valence-corrected chi connectivity index (χ1v) is 5.40. The summed E-state index contributed by atoms with van der Waals surface area (Å²) in [5, 5.41) is 16.0. The van der Waals surface area contributed by atoms with E-state index in [0.29, 0.717) is 12.6 Å². The zero-order chi connectivity index (χ0) is 9.15. The SMILES string of the molecule is OCC1(CNCC2CCCN2)CC1. The second-order valence-corrected chi connectivity index (χ2v) is 4.58. The Hall–Kier alpha value is -0.120. The van der Waals surface area contributed by atoms with Crippen molar-refractivity contribution in [1.29, 1.82) is 0 Å². The molecule has 0 amide bonds. The summed E-state index contributed by atoms with van der Waals surface area (Å²) in [4.78, 5) is 0. The average molecular weight is 184 g/mol. The van der Waals surface area contributed by atoms with E-state index in [-0.39, 0.29) is 5.41 Å². The predicted molar refractivity (Wildman–Crippen MR) is 52.6 cm³/mol. The van der Waals surface area contributed by atoms with E-state index in [0.717, 1.165) is 13.1 Å². The summed E-state index contributed by atoms with van der Waals surface area (Å²) >= 11 is 0. The Morgan fingerprint density at radius 3 is 2.85 bits per heavy atom. The molecule has 3 N–H and O–H groups in total. The molecule has 2 fully saturated rings. The van der Waals surface area contributed by atoms with E-state index in [2.05, 4.69) is 10.6 Å². The van der Waals surface area contributed by atoms with Crippen LogP contribution in [-0.4, -0.2) is 37.4 Å². The zero-order valence-corrected chi connectivity index (χ0v) is 8.18. The van der Waals surface area contributed by atoms with Crippen LogP contribution in [0.15, 0.2) is 0 Å². The molecule has 2 aliphatic rings. The lowest BCUT2D eigenvalue weighted by molar-refractivity contribution is 0.207. The van der Waals surface area contributed by atoms with Gasteiger partial charge < -0.3 is 15.7 Å². The summed E-state index contributed by atoms with van der Waals surface area (Å²) < 4.78 is 0. The highest BCUT2D eigenvalue weighted by Crippen LogP contribution is 2.44. The number of hydrogen-bond acceptors (Lipinski definition) is 3. The molecular formula is C10H20N2O. The van der Waals surface area contributed by atoms with Crippen molar-refractivity contribution in [3.8, 4) is 0 Å². The highest BCUT2D eigenvalue weighted by molar-refractivity contribution is 4.94. The molecule has 0 spiro atoms. The van der Waals surface area contributed by atoms with Gasteiger partial charge in [-0.25, -0.2) is 0 Å². The normalized spacial score (nSPS) is 30.7. The maximum Gasteiger partial charge on any atom is 0.0499 e. The fraction of sp³-hybridized carbons (Fsp3) is 1.00. The van der Waals surface area contributed by atoms with Crippen LogP contribution < -0.4 is 10.6 Å². The van der Waals surface area contributed by atoms with E-state index in [1.165, 1.54) is 32.2 Å². The fourth-order valence-electron chi connectivity index (χ4n) is 2.01. The van der Waals surface area contributed by atoms with Gasteiger partial charge in [-0.15, -0.1) is 0 Å². The Balaban J connectivity index is 1.58. The third kappa shape index (κ3) is 2.42. The molecule has 0 aromatic heterocycles. The van der Waals surface area contributed by atoms with E-state index < -0.39 is 0 Å². The van der Waals surface area contributed by atoms with E-state index in [4.69, 9.17) is 5.11 Å². The van der Waals surface area contributed by atoms with Crippen molar-refractivity contribution in [3.05, 3.63) is 0 Å². The topological polar surface area (TPSA) is 44.3 Å². The van der Waals surface area contributed by atoms with Gasteiger partial charge in [-0.1, -0.05) is 0 Å². The van der Waals surface area contributed by atoms with Crippen LogP contribution in [0.4, 0.5) is 0 Å². The van der Waals surface area contributed by atoms with Crippen LogP contribution in [0.5, 0.6) is 0 Å². The second-order valence-electron chi connectivity index (χ2n) is 4.58. The maximum absolute atomic E-state index is 9.09. The van der Waals surface area contributed by atoms with Crippen LogP contribution in [0.3, 0.4) is 0 Å². The molecule has 3 heteroatoms. The van der Waals surface area contributed by atoms with Gasteiger partial charge in [0.1, 0.15) is 0 Å². The van der Waals surface area contributed by atoms with Gasteiger partial charge in [0.15, 0.2) is 0 Å². The van der Waals surface area contributed by atoms with Gasteiger partial charge in [-0.05, 0) is 32.2 Å². The Morgan fingerprint density at radius 2 is 2.31 bits per heavy atom. The van der Waals surface area contributed by atoms with E-state index in [1.807, 2.05) is 0 Å². The minimum atomic E-state index is 0.263. The molecule has 1 aliphatic heterocycles. The third-order valence-corrected chi connectivity index (χ3v) is 3.35. The first-order valence-electron chi connectivity index (χ1n) is 5.40. The lowest BCUT2D eigenvalue weighted by Crippen LogP contribution is -2.37. The third-order valence-electron chi connectivity index (χ3n) is 3.35. The highest BCUT2D eigenvalue weighted by Gasteiger charge is 2.41.